The molecule has 30 heavy (non-hydrogen) atoms. The molecule has 0 atom stereocenters. The molecule has 7 heteroatoms. The van der Waals surface area contributed by atoms with Gasteiger partial charge in [0.1, 0.15) is 12.3 Å². The van der Waals surface area contributed by atoms with Crippen LogP contribution in [0.2, 0.25) is 0 Å². The summed E-state index contributed by atoms with van der Waals surface area (Å²) < 4.78 is 13.3. The van der Waals surface area contributed by atoms with Crippen molar-refractivity contribution in [3.63, 3.8) is 0 Å². The second kappa shape index (κ2) is 9.71. The lowest BCUT2D eigenvalue weighted by atomic mass is 10.0. The molecular formula is C23H26N2O4S. The third-order valence-corrected chi connectivity index (χ3v) is 5.75. The summed E-state index contributed by atoms with van der Waals surface area (Å²) in [6.07, 6.45) is 0.207. The van der Waals surface area contributed by atoms with E-state index in [0.717, 1.165) is 27.1 Å². The van der Waals surface area contributed by atoms with Gasteiger partial charge in [-0.25, -0.2) is 0 Å². The van der Waals surface area contributed by atoms with Crippen molar-refractivity contribution in [2.24, 2.45) is 4.99 Å². The Bertz CT molecular complexity index is 1140. The molecule has 0 N–H and O–H groups in total. The molecule has 3 rings (SSSR count). The average molecular weight is 427 g/mol. The van der Waals surface area contributed by atoms with Gasteiger partial charge in [0.25, 0.3) is 5.91 Å². The maximum absolute atomic E-state index is 12.7. The van der Waals surface area contributed by atoms with E-state index in [-0.39, 0.29) is 24.8 Å². The lowest BCUT2D eigenvalue weighted by molar-refractivity contribution is -0.143. The van der Waals surface area contributed by atoms with E-state index in [2.05, 4.69) is 4.99 Å². The summed E-state index contributed by atoms with van der Waals surface area (Å²) in [4.78, 5) is 29.6. The molecule has 0 aliphatic carbocycles. The first-order valence-electron chi connectivity index (χ1n) is 9.96. The van der Waals surface area contributed by atoms with Gasteiger partial charge in [0.05, 0.1) is 29.9 Å². The van der Waals surface area contributed by atoms with Gasteiger partial charge in [-0.2, -0.15) is 4.99 Å². The Morgan fingerprint density at radius 3 is 2.53 bits per heavy atom. The maximum Gasteiger partial charge on any atom is 0.326 e. The molecule has 0 aliphatic rings. The lowest BCUT2D eigenvalue weighted by Gasteiger charge is -2.06. The number of carbonyl (C=O) groups excluding carboxylic acids is 2. The van der Waals surface area contributed by atoms with Crippen LogP contribution in [0.15, 0.2) is 41.4 Å². The Morgan fingerprint density at radius 1 is 1.03 bits per heavy atom. The molecule has 3 aromatic rings. The SMILES string of the molecule is CCOC(=O)Cn1c(=NC(=O)Cc2ccc(C)c(C)c2)sc2cc(OCC)ccc21. The van der Waals surface area contributed by atoms with Gasteiger partial charge >= 0.3 is 5.97 Å². The van der Waals surface area contributed by atoms with E-state index < -0.39 is 0 Å². The Hall–Kier alpha value is -2.93. The number of nitrogens with zero attached hydrogens (tertiary/aromatic N) is 2. The Balaban J connectivity index is 1.99. The first-order chi connectivity index (χ1) is 14.4. The summed E-state index contributed by atoms with van der Waals surface area (Å²) in [6, 6.07) is 11.6. The van der Waals surface area contributed by atoms with Crippen LogP contribution < -0.4 is 9.54 Å². The van der Waals surface area contributed by atoms with Crippen LogP contribution >= 0.6 is 11.3 Å². The highest BCUT2D eigenvalue weighted by molar-refractivity contribution is 7.16. The van der Waals surface area contributed by atoms with E-state index in [0.29, 0.717) is 18.0 Å². The van der Waals surface area contributed by atoms with Crippen LogP contribution in [0.25, 0.3) is 10.2 Å². The van der Waals surface area contributed by atoms with Gasteiger partial charge in [-0.1, -0.05) is 29.5 Å². The standard InChI is InChI=1S/C23H26N2O4S/c1-5-28-18-9-10-19-20(13-18)30-23(25(19)14-22(27)29-6-2)24-21(26)12-17-8-7-15(3)16(4)11-17/h7-11,13H,5-6,12,14H2,1-4H3. The van der Waals surface area contributed by atoms with Crippen molar-refractivity contribution < 1.29 is 19.1 Å². The molecule has 0 fully saturated rings. The van der Waals surface area contributed by atoms with Crippen LogP contribution in [-0.4, -0.2) is 29.7 Å². The van der Waals surface area contributed by atoms with Crippen LogP contribution in [0, 0.1) is 13.8 Å². The first kappa shape index (κ1) is 21.8. The van der Waals surface area contributed by atoms with Gasteiger partial charge in [0.2, 0.25) is 0 Å². The molecule has 1 aromatic heterocycles. The molecule has 0 saturated heterocycles. The Kier molecular flexibility index (Phi) is 7.05. The molecule has 2 aromatic carbocycles. The predicted octanol–water partition coefficient (Wildman–Crippen LogP) is 3.95. The third kappa shape index (κ3) is 5.16. The molecule has 1 amide bonds. The Labute approximate surface area is 179 Å². The molecule has 0 aliphatic heterocycles. The van der Waals surface area contributed by atoms with Gasteiger partial charge in [0.15, 0.2) is 4.80 Å². The molecule has 1 heterocycles. The van der Waals surface area contributed by atoms with Gasteiger partial charge in [-0.3, -0.25) is 9.59 Å². The highest BCUT2D eigenvalue weighted by Crippen LogP contribution is 2.23. The largest absolute Gasteiger partial charge is 0.494 e. The molecule has 0 spiro atoms. The van der Waals surface area contributed by atoms with E-state index in [1.807, 2.05) is 57.2 Å². The van der Waals surface area contributed by atoms with E-state index in [9.17, 15) is 9.59 Å². The van der Waals surface area contributed by atoms with Crippen molar-refractivity contribution in [3.05, 3.63) is 57.9 Å². The van der Waals surface area contributed by atoms with Gasteiger partial charge in [-0.05, 0) is 62.6 Å². The highest BCUT2D eigenvalue weighted by atomic mass is 32.1. The maximum atomic E-state index is 12.7. The summed E-state index contributed by atoms with van der Waals surface area (Å²) in [6.45, 7) is 8.61. The fourth-order valence-corrected chi connectivity index (χ4v) is 4.19. The fourth-order valence-electron chi connectivity index (χ4n) is 3.12. The predicted molar refractivity (Wildman–Crippen MR) is 118 cm³/mol. The number of aryl methyl sites for hydroxylation is 2. The number of carbonyl (C=O) groups is 2. The van der Waals surface area contributed by atoms with Gasteiger partial charge in [0, 0.05) is 0 Å². The zero-order chi connectivity index (χ0) is 21.7. The minimum Gasteiger partial charge on any atom is -0.494 e. The minimum atomic E-state index is -0.367. The number of amides is 1. The van der Waals surface area contributed by atoms with Crippen molar-refractivity contribution in [1.29, 1.82) is 0 Å². The van der Waals surface area contributed by atoms with Crippen LogP contribution in [0.1, 0.15) is 30.5 Å². The van der Waals surface area contributed by atoms with E-state index >= 15 is 0 Å². The summed E-state index contributed by atoms with van der Waals surface area (Å²) in [7, 11) is 0. The van der Waals surface area contributed by atoms with Crippen LogP contribution in [0.5, 0.6) is 5.75 Å². The number of hydrogen-bond donors (Lipinski definition) is 0. The summed E-state index contributed by atoms with van der Waals surface area (Å²) in [5.41, 5.74) is 4.06. The lowest BCUT2D eigenvalue weighted by Crippen LogP contribution is -2.23. The molecular weight excluding hydrogens is 400 g/mol. The second-order valence-electron chi connectivity index (χ2n) is 6.94. The summed E-state index contributed by atoms with van der Waals surface area (Å²) in [5, 5.41) is 0. The first-order valence-corrected chi connectivity index (χ1v) is 10.8. The molecule has 0 radical (unpaired) electrons. The van der Waals surface area contributed by atoms with Crippen LogP contribution in [0.3, 0.4) is 0 Å². The van der Waals surface area contributed by atoms with E-state index in [4.69, 9.17) is 9.47 Å². The normalized spacial score (nSPS) is 11.7. The number of fused-ring (bicyclic) bond motifs is 1. The minimum absolute atomic E-state index is 0.00241. The topological polar surface area (TPSA) is 69.9 Å². The van der Waals surface area contributed by atoms with Crippen molar-refractivity contribution >= 4 is 33.4 Å². The van der Waals surface area contributed by atoms with Gasteiger partial charge in [-0.15, -0.1) is 0 Å². The molecule has 0 saturated carbocycles. The Morgan fingerprint density at radius 2 is 1.83 bits per heavy atom. The van der Waals surface area contributed by atoms with E-state index in [1.54, 1.807) is 11.5 Å². The number of ether oxygens (including phenoxy) is 2. The molecule has 158 valence electrons. The third-order valence-electron chi connectivity index (χ3n) is 4.70. The summed E-state index contributed by atoms with van der Waals surface area (Å²) in [5.74, 6) is 0.115. The van der Waals surface area contributed by atoms with Crippen molar-refractivity contribution in [2.75, 3.05) is 13.2 Å². The quantitative estimate of drug-likeness (QED) is 0.537. The number of rotatable bonds is 7. The highest BCUT2D eigenvalue weighted by Gasteiger charge is 2.13. The van der Waals surface area contributed by atoms with Crippen molar-refractivity contribution in [3.8, 4) is 5.75 Å². The molecule has 6 nitrogen and oxygen atoms in total. The monoisotopic (exact) mass is 426 g/mol. The summed E-state index contributed by atoms with van der Waals surface area (Å²) >= 11 is 1.36. The van der Waals surface area contributed by atoms with E-state index in [1.165, 1.54) is 16.9 Å². The van der Waals surface area contributed by atoms with Crippen molar-refractivity contribution in [2.45, 2.75) is 40.7 Å². The second-order valence-corrected chi connectivity index (χ2v) is 7.95. The van der Waals surface area contributed by atoms with Gasteiger partial charge < -0.3 is 14.0 Å². The molecule has 0 unspecified atom stereocenters. The number of benzene rings is 2. The smallest absolute Gasteiger partial charge is 0.326 e. The van der Waals surface area contributed by atoms with Crippen LogP contribution in [-0.2, 0) is 27.3 Å². The fraction of sp³-hybridized carbons (Fsp3) is 0.348. The zero-order valence-corrected chi connectivity index (χ0v) is 18.5. The number of aromatic nitrogens is 1. The molecule has 0 bridgehead atoms. The van der Waals surface area contributed by atoms with Crippen molar-refractivity contribution in [1.82, 2.24) is 4.57 Å². The number of thiazole rings is 1. The van der Waals surface area contributed by atoms with Crippen LogP contribution in [0.4, 0.5) is 0 Å². The number of hydrogen-bond acceptors (Lipinski definition) is 5. The zero-order valence-electron chi connectivity index (χ0n) is 17.7. The average Bonchev–Trinajstić information content (AvgIpc) is 3.01. The number of esters is 1.